The van der Waals surface area contributed by atoms with Crippen molar-refractivity contribution in [2.75, 3.05) is 20.2 Å². The lowest BCUT2D eigenvalue weighted by Gasteiger charge is -2.20. The van der Waals surface area contributed by atoms with Crippen LogP contribution in [0.25, 0.3) is 11.1 Å². The molecule has 33 heavy (non-hydrogen) atoms. The second kappa shape index (κ2) is 10.5. The van der Waals surface area contributed by atoms with E-state index in [9.17, 15) is 8.42 Å². The van der Waals surface area contributed by atoms with Gasteiger partial charge in [0.1, 0.15) is 5.75 Å². The summed E-state index contributed by atoms with van der Waals surface area (Å²) >= 11 is 0. The zero-order valence-corrected chi connectivity index (χ0v) is 20.1. The number of ether oxygens (including phenoxy) is 1. The molecule has 3 aromatic rings. The molecule has 174 valence electrons. The van der Waals surface area contributed by atoms with Crippen LogP contribution in [0.1, 0.15) is 30.9 Å². The predicted molar refractivity (Wildman–Crippen MR) is 133 cm³/mol. The molecule has 0 aliphatic carbocycles. The summed E-state index contributed by atoms with van der Waals surface area (Å²) in [5.74, 6) is 0.742. The third kappa shape index (κ3) is 6.02. The highest BCUT2D eigenvalue weighted by molar-refractivity contribution is 7.89. The van der Waals surface area contributed by atoms with Gasteiger partial charge in [-0.15, -0.1) is 0 Å². The third-order valence-electron chi connectivity index (χ3n) is 6.46. The first-order valence-electron chi connectivity index (χ1n) is 11.5. The number of hydrogen-bond donors (Lipinski definition) is 1. The molecule has 0 bridgehead atoms. The summed E-state index contributed by atoms with van der Waals surface area (Å²) in [5.41, 5.74) is 4.29. The number of nitrogens with zero attached hydrogens (tertiary/aromatic N) is 1. The quantitative estimate of drug-likeness (QED) is 0.491. The average molecular weight is 465 g/mol. The highest BCUT2D eigenvalue weighted by Crippen LogP contribution is 2.23. The summed E-state index contributed by atoms with van der Waals surface area (Å²) in [6.45, 7) is 4.86. The fourth-order valence-corrected chi connectivity index (χ4v) is 5.31. The number of rotatable bonds is 9. The molecule has 1 aliphatic heterocycles. The first-order valence-corrected chi connectivity index (χ1v) is 13.0. The molecule has 5 nitrogen and oxygen atoms in total. The fourth-order valence-electron chi connectivity index (χ4n) is 4.29. The van der Waals surface area contributed by atoms with Gasteiger partial charge in [-0.1, -0.05) is 48.5 Å². The van der Waals surface area contributed by atoms with E-state index < -0.39 is 10.0 Å². The molecule has 0 amide bonds. The Labute approximate surface area is 197 Å². The van der Waals surface area contributed by atoms with Gasteiger partial charge in [-0.05, 0) is 79.3 Å². The minimum atomic E-state index is -3.59. The molecule has 0 radical (unpaired) electrons. The Morgan fingerprint density at radius 2 is 1.52 bits per heavy atom. The van der Waals surface area contributed by atoms with E-state index in [1.54, 1.807) is 19.2 Å². The van der Waals surface area contributed by atoms with Gasteiger partial charge in [0.2, 0.25) is 10.0 Å². The van der Waals surface area contributed by atoms with Crippen molar-refractivity contribution in [3.63, 3.8) is 0 Å². The summed E-state index contributed by atoms with van der Waals surface area (Å²) in [6, 6.07) is 23.7. The number of benzene rings is 3. The third-order valence-corrected chi connectivity index (χ3v) is 7.87. The Hall–Kier alpha value is -2.67. The molecule has 1 heterocycles. The van der Waals surface area contributed by atoms with Crippen LogP contribution in [0.3, 0.4) is 0 Å². The summed E-state index contributed by atoms with van der Waals surface area (Å²) in [7, 11) is -1.98. The Morgan fingerprint density at radius 1 is 0.909 bits per heavy atom. The van der Waals surface area contributed by atoms with E-state index in [4.69, 9.17) is 4.74 Å². The minimum Gasteiger partial charge on any atom is -0.497 e. The van der Waals surface area contributed by atoms with Gasteiger partial charge < -0.3 is 9.64 Å². The van der Waals surface area contributed by atoms with Crippen LogP contribution in [-0.4, -0.2) is 39.6 Å². The van der Waals surface area contributed by atoms with Crippen molar-refractivity contribution in [1.82, 2.24) is 9.62 Å². The van der Waals surface area contributed by atoms with Crippen molar-refractivity contribution >= 4 is 10.0 Å². The molecule has 1 saturated heterocycles. The van der Waals surface area contributed by atoms with Gasteiger partial charge in [0, 0.05) is 19.1 Å². The zero-order valence-electron chi connectivity index (χ0n) is 19.3. The van der Waals surface area contributed by atoms with E-state index >= 15 is 0 Å². The van der Waals surface area contributed by atoms with Crippen molar-refractivity contribution in [1.29, 1.82) is 0 Å². The van der Waals surface area contributed by atoms with Crippen molar-refractivity contribution in [3.8, 4) is 16.9 Å². The van der Waals surface area contributed by atoms with E-state index in [1.807, 2.05) is 36.4 Å². The Morgan fingerprint density at radius 3 is 2.09 bits per heavy atom. The average Bonchev–Trinajstić information content (AvgIpc) is 3.27. The molecular formula is C27H32N2O3S. The van der Waals surface area contributed by atoms with E-state index in [1.165, 1.54) is 24.9 Å². The van der Waals surface area contributed by atoms with Crippen LogP contribution in [0.5, 0.6) is 5.75 Å². The van der Waals surface area contributed by atoms with Gasteiger partial charge >= 0.3 is 0 Å². The Bertz CT molecular complexity index is 1140. The summed E-state index contributed by atoms with van der Waals surface area (Å²) in [5, 5.41) is 0. The van der Waals surface area contributed by atoms with E-state index in [0.29, 0.717) is 6.04 Å². The molecule has 0 saturated carbocycles. The van der Waals surface area contributed by atoms with Crippen LogP contribution < -0.4 is 9.46 Å². The first kappa shape index (κ1) is 23.5. The molecule has 0 aromatic heterocycles. The van der Waals surface area contributed by atoms with Crippen LogP contribution in [0, 0.1) is 0 Å². The van der Waals surface area contributed by atoms with Gasteiger partial charge in [-0.3, -0.25) is 0 Å². The van der Waals surface area contributed by atoms with E-state index in [0.717, 1.165) is 35.4 Å². The molecule has 1 N–H and O–H groups in total. The summed E-state index contributed by atoms with van der Waals surface area (Å²) in [6.07, 6.45) is 3.67. The molecule has 1 aliphatic rings. The molecule has 1 unspecified atom stereocenters. The van der Waals surface area contributed by atoms with Crippen LogP contribution >= 0.6 is 0 Å². The molecule has 6 heteroatoms. The standard InChI is InChI=1S/C27H32N2O3S/c1-21-4-3-18-29(21)19-17-22-5-9-24(10-6-22)25-11-15-27(16-12-25)33(30,31)28-20-23-7-13-26(32-2)14-8-23/h5-16,21,28H,3-4,17-20H2,1-2H3. The molecule has 3 aromatic carbocycles. The minimum absolute atomic E-state index is 0.228. The van der Waals surface area contributed by atoms with Gasteiger partial charge in [0.05, 0.1) is 12.0 Å². The van der Waals surface area contributed by atoms with Crippen molar-refractivity contribution in [2.24, 2.45) is 0 Å². The monoisotopic (exact) mass is 464 g/mol. The lowest BCUT2D eigenvalue weighted by molar-refractivity contribution is 0.272. The lowest BCUT2D eigenvalue weighted by atomic mass is 10.0. The zero-order chi connectivity index (χ0) is 23.3. The number of sulfonamides is 1. The van der Waals surface area contributed by atoms with Gasteiger partial charge in [0.15, 0.2) is 0 Å². The smallest absolute Gasteiger partial charge is 0.240 e. The highest BCUT2D eigenvalue weighted by Gasteiger charge is 2.19. The first-order chi connectivity index (χ1) is 15.9. The van der Waals surface area contributed by atoms with Crippen molar-refractivity contribution in [3.05, 3.63) is 83.9 Å². The predicted octanol–water partition coefficient (Wildman–Crippen LogP) is 4.87. The summed E-state index contributed by atoms with van der Waals surface area (Å²) in [4.78, 5) is 2.83. The number of hydrogen-bond acceptors (Lipinski definition) is 4. The van der Waals surface area contributed by atoms with Crippen molar-refractivity contribution in [2.45, 2.75) is 43.7 Å². The maximum atomic E-state index is 12.7. The fraction of sp³-hybridized carbons (Fsp3) is 0.333. The Balaban J connectivity index is 1.35. The normalized spacial score (nSPS) is 16.7. The molecule has 1 fully saturated rings. The SMILES string of the molecule is COc1ccc(CNS(=O)(=O)c2ccc(-c3ccc(CCN4CCCC4C)cc3)cc2)cc1. The largest absolute Gasteiger partial charge is 0.497 e. The second-order valence-corrected chi connectivity index (χ2v) is 10.4. The molecule has 1 atom stereocenters. The molecular weight excluding hydrogens is 432 g/mol. The van der Waals surface area contributed by atoms with Crippen LogP contribution in [0.15, 0.2) is 77.7 Å². The van der Waals surface area contributed by atoms with Crippen LogP contribution in [0.2, 0.25) is 0 Å². The van der Waals surface area contributed by atoms with Crippen LogP contribution in [-0.2, 0) is 23.0 Å². The van der Waals surface area contributed by atoms with Crippen molar-refractivity contribution < 1.29 is 13.2 Å². The maximum absolute atomic E-state index is 12.7. The Kier molecular flexibility index (Phi) is 7.48. The van der Waals surface area contributed by atoms with Gasteiger partial charge in [0.25, 0.3) is 0 Å². The highest BCUT2D eigenvalue weighted by atomic mass is 32.2. The van der Waals surface area contributed by atoms with E-state index in [2.05, 4.69) is 40.8 Å². The number of methoxy groups -OCH3 is 1. The van der Waals surface area contributed by atoms with Gasteiger partial charge in [-0.25, -0.2) is 13.1 Å². The number of likely N-dealkylation sites (tertiary alicyclic amines) is 1. The van der Waals surface area contributed by atoms with Gasteiger partial charge in [-0.2, -0.15) is 0 Å². The maximum Gasteiger partial charge on any atom is 0.240 e. The lowest BCUT2D eigenvalue weighted by Crippen LogP contribution is -2.28. The van der Waals surface area contributed by atoms with E-state index in [-0.39, 0.29) is 11.4 Å². The topological polar surface area (TPSA) is 58.6 Å². The molecule has 4 rings (SSSR count). The molecule has 0 spiro atoms. The summed E-state index contributed by atoms with van der Waals surface area (Å²) < 4.78 is 33.2. The number of nitrogens with one attached hydrogen (secondary N) is 1. The second-order valence-electron chi connectivity index (χ2n) is 8.67. The van der Waals surface area contributed by atoms with Crippen LogP contribution in [0.4, 0.5) is 0 Å².